The number of carbonyl (C=O) groups is 3. The number of amides is 3. The van der Waals surface area contributed by atoms with Gasteiger partial charge in [-0.2, -0.15) is 9.97 Å². The number of carbonyl (C=O) groups excluding carboxylic acids is 3. The van der Waals surface area contributed by atoms with Crippen molar-refractivity contribution in [2.75, 3.05) is 64.0 Å². The lowest BCUT2D eigenvalue weighted by Crippen LogP contribution is -2.58. The number of β-amino-alcohol motifs (C(OH)–C–C–N with tert-alkyl or cyclic N) is 1. The first-order chi connectivity index (χ1) is 37.0. The number of terminal acetylenes is 1. The van der Waals surface area contributed by atoms with Crippen LogP contribution in [-0.4, -0.2) is 135 Å². The summed E-state index contributed by atoms with van der Waals surface area (Å²) in [6.07, 6.45) is 11.9. The van der Waals surface area contributed by atoms with Gasteiger partial charge in [-0.05, 0) is 117 Å². The second-order valence-electron chi connectivity index (χ2n) is 22.5. The van der Waals surface area contributed by atoms with Crippen molar-refractivity contribution in [3.05, 3.63) is 88.9 Å². The maximum absolute atomic E-state index is 17.0. The number of aryl methyl sites for hydroxylation is 1. The summed E-state index contributed by atoms with van der Waals surface area (Å²) in [5.41, 5.74) is 5.04. The van der Waals surface area contributed by atoms with Crippen LogP contribution in [-0.2, 0) is 19.1 Å². The summed E-state index contributed by atoms with van der Waals surface area (Å²) in [7, 11) is 0. The van der Waals surface area contributed by atoms with Crippen molar-refractivity contribution in [1.29, 1.82) is 0 Å². The molecule has 404 valence electrons. The van der Waals surface area contributed by atoms with Crippen molar-refractivity contribution in [2.45, 2.75) is 97.4 Å². The van der Waals surface area contributed by atoms with Gasteiger partial charge in [-0.15, -0.1) is 17.8 Å². The SMILES string of the molecule is C#Cc1cccc2cc(O)cc(-c3ncc4c(N5CC6CCC(C6)C5)nc(OCCN5CCC(COCC(=O)N[C@H](C(=O)N6C[C@H](O)C[C@H]6C(=O)N[C@@H](C)c6ccc(-c7scnc7C)cc6)C(C)(C)C)CC5)nc4c3F)c12. The smallest absolute Gasteiger partial charge is 0.319 e. The number of nitrogens with zero attached hydrogens (tertiary/aromatic N) is 7. The number of aliphatic hydroxyl groups excluding tert-OH is 1. The number of piperidine rings is 2. The third kappa shape index (κ3) is 11.7. The van der Waals surface area contributed by atoms with Crippen molar-refractivity contribution in [3.8, 4) is 45.8 Å². The van der Waals surface area contributed by atoms with Crippen LogP contribution >= 0.6 is 11.3 Å². The third-order valence-electron chi connectivity index (χ3n) is 15.9. The van der Waals surface area contributed by atoms with Crippen LogP contribution < -0.4 is 20.3 Å². The van der Waals surface area contributed by atoms with Crippen molar-refractivity contribution in [3.63, 3.8) is 0 Å². The maximum atomic E-state index is 17.0. The van der Waals surface area contributed by atoms with Crippen molar-refractivity contribution in [1.82, 2.24) is 40.4 Å². The molecular weight excluding hydrogens is 998 g/mol. The minimum atomic E-state index is -0.974. The van der Waals surface area contributed by atoms with E-state index in [-0.39, 0.29) is 67.0 Å². The third-order valence-corrected chi connectivity index (χ3v) is 16.9. The summed E-state index contributed by atoms with van der Waals surface area (Å²) in [6, 6.07) is 14.3. The Morgan fingerprint density at radius 1 is 0.974 bits per heavy atom. The number of aliphatic hydroxyl groups is 1. The largest absolute Gasteiger partial charge is 0.508 e. The number of benzene rings is 3. The van der Waals surface area contributed by atoms with Crippen LogP contribution in [0.25, 0.3) is 43.4 Å². The Hall–Kier alpha value is -6.78. The van der Waals surface area contributed by atoms with Crippen LogP contribution in [0.1, 0.15) is 89.1 Å². The van der Waals surface area contributed by atoms with Gasteiger partial charge >= 0.3 is 6.01 Å². The highest BCUT2D eigenvalue weighted by molar-refractivity contribution is 7.13. The zero-order valence-corrected chi connectivity index (χ0v) is 45.2. The number of pyridine rings is 1. The van der Waals surface area contributed by atoms with Crippen LogP contribution in [0.2, 0.25) is 0 Å². The van der Waals surface area contributed by atoms with Gasteiger partial charge in [0, 0.05) is 55.3 Å². The predicted octanol–water partition coefficient (Wildman–Crippen LogP) is 7.82. The maximum Gasteiger partial charge on any atom is 0.319 e. The van der Waals surface area contributed by atoms with Gasteiger partial charge in [0.1, 0.15) is 48.1 Å². The highest BCUT2D eigenvalue weighted by Crippen LogP contribution is 2.42. The topological polar surface area (TPSA) is 195 Å². The highest BCUT2D eigenvalue weighted by atomic mass is 32.1. The Kier molecular flexibility index (Phi) is 15.8. The van der Waals surface area contributed by atoms with Crippen LogP contribution in [0.4, 0.5) is 10.2 Å². The molecule has 3 aliphatic heterocycles. The average molecular weight is 1070 g/mol. The van der Waals surface area contributed by atoms with Crippen LogP contribution in [0, 0.1) is 48.3 Å². The number of nitrogens with one attached hydrogen (secondary N) is 2. The number of anilines is 1. The second-order valence-corrected chi connectivity index (χ2v) is 23.4. The van der Waals surface area contributed by atoms with Gasteiger partial charge < -0.3 is 40.1 Å². The summed E-state index contributed by atoms with van der Waals surface area (Å²) < 4.78 is 29.3. The minimum Gasteiger partial charge on any atom is -0.508 e. The molecule has 6 heterocycles. The Bertz CT molecular complexity index is 3190. The number of hydrogen-bond acceptors (Lipinski definition) is 14. The molecule has 4 fully saturated rings. The van der Waals surface area contributed by atoms with Gasteiger partial charge in [-0.3, -0.25) is 24.3 Å². The van der Waals surface area contributed by atoms with E-state index >= 15 is 4.39 Å². The van der Waals surface area contributed by atoms with E-state index in [1.165, 1.54) is 17.4 Å². The van der Waals surface area contributed by atoms with Crippen molar-refractivity contribution < 1.29 is 38.5 Å². The number of thiazole rings is 1. The number of halogens is 1. The molecule has 2 unspecified atom stereocenters. The fourth-order valence-electron chi connectivity index (χ4n) is 11.8. The fourth-order valence-corrected chi connectivity index (χ4v) is 12.6. The summed E-state index contributed by atoms with van der Waals surface area (Å²) >= 11 is 1.57. The summed E-state index contributed by atoms with van der Waals surface area (Å²) in [4.78, 5) is 67.0. The first-order valence-corrected chi connectivity index (χ1v) is 27.7. The molecular formula is C59H68FN9O7S. The molecule has 10 rings (SSSR count). The summed E-state index contributed by atoms with van der Waals surface area (Å²) in [5.74, 6) is 2.66. The second kappa shape index (κ2) is 22.7. The zero-order chi connectivity index (χ0) is 54.1. The van der Waals surface area contributed by atoms with Gasteiger partial charge in [0.25, 0.3) is 0 Å². The van der Waals surface area contributed by atoms with E-state index in [1.54, 1.807) is 35.7 Å². The molecule has 6 aromatic rings. The molecule has 1 saturated carbocycles. The van der Waals surface area contributed by atoms with Crippen LogP contribution in [0.5, 0.6) is 11.8 Å². The Morgan fingerprint density at radius 3 is 2.43 bits per heavy atom. The van der Waals surface area contributed by atoms with Gasteiger partial charge in [0.2, 0.25) is 17.7 Å². The van der Waals surface area contributed by atoms with Crippen LogP contribution in [0.15, 0.2) is 66.3 Å². The zero-order valence-electron chi connectivity index (χ0n) is 44.4. The minimum absolute atomic E-state index is 0.0227. The number of fused-ring (bicyclic) bond motifs is 4. The number of hydrogen-bond donors (Lipinski definition) is 4. The lowest BCUT2D eigenvalue weighted by molar-refractivity contribution is -0.144. The lowest BCUT2D eigenvalue weighted by atomic mass is 9.85. The molecule has 1 aliphatic carbocycles. The molecule has 6 atom stereocenters. The van der Waals surface area contributed by atoms with Crippen LogP contribution in [0.3, 0.4) is 0 Å². The Morgan fingerprint density at radius 2 is 1.73 bits per heavy atom. The van der Waals surface area contributed by atoms with E-state index < -0.39 is 41.2 Å². The summed E-state index contributed by atoms with van der Waals surface area (Å²) in [6.45, 7) is 13.6. The molecule has 18 heteroatoms. The number of aromatic nitrogens is 4. The van der Waals surface area contributed by atoms with E-state index in [0.717, 1.165) is 73.6 Å². The molecule has 4 N–H and O–H groups in total. The van der Waals surface area contributed by atoms with Gasteiger partial charge in [-0.1, -0.05) is 63.1 Å². The van der Waals surface area contributed by atoms with E-state index in [1.807, 2.05) is 70.5 Å². The van der Waals surface area contributed by atoms with E-state index in [0.29, 0.717) is 58.1 Å². The summed E-state index contributed by atoms with van der Waals surface area (Å²) in [5, 5.41) is 29.1. The van der Waals surface area contributed by atoms with Gasteiger partial charge in [0.05, 0.1) is 40.2 Å². The number of phenols is 1. The molecule has 3 aromatic carbocycles. The monoisotopic (exact) mass is 1070 g/mol. The number of rotatable bonds is 16. The van der Waals surface area contributed by atoms with E-state index in [9.17, 15) is 24.6 Å². The predicted molar refractivity (Wildman–Crippen MR) is 295 cm³/mol. The first kappa shape index (κ1) is 53.6. The highest BCUT2D eigenvalue weighted by Gasteiger charge is 2.45. The van der Waals surface area contributed by atoms with E-state index in [4.69, 9.17) is 20.9 Å². The molecule has 3 aromatic heterocycles. The molecule has 0 radical (unpaired) electrons. The number of phenolic OH excluding ortho intramolecular Hbond substituents is 1. The first-order valence-electron chi connectivity index (χ1n) is 26.9. The molecule has 4 aliphatic rings. The molecule has 16 nitrogen and oxygen atoms in total. The van der Waals surface area contributed by atoms with Crippen molar-refractivity contribution in [2.24, 2.45) is 23.2 Å². The van der Waals surface area contributed by atoms with Crippen molar-refractivity contribution >= 4 is 56.6 Å². The fraction of sp³-hybridized carbons (Fsp3) is 0.475. The average Bonchev–Trinajstić information content (AvgIpc) is 4.14. The van der Waals surface area contributed by atoms with E-state index in [2.05, 4.69) is 41.3 Å². The van der Waals surface area contributed by atoms with Gasteiger partial charge in [-0.25, -0.2) is 9.37 Å². The number of ether oxygens (including phenoxy) is 2. The lowest BCUT2D eigenvalue weighted by Gasteiger charge is -2.35. The molecule has 0 spiro atoms. The number of likely N-dealkylation sites (tertiary alicyclic amines) is 2. The molecule has 77 heavy (non-hydrogen) atoms. The number of aromatic hydroxyl groups is 1. The molecule has 2 bridgehead atoms. The standard InChI is InChI=1S/C59H68FN9O7S/c1-7-39-9-8-10-42-24-43(70)25-45(49(39)42)51-50(60)52-46(27-61-51)55(68-28-37-11-12-38(23-37)29-68)66-58(65-52)76-22-21-67-19-17-36(18-20-67)31-75-32-48(72)64-54(59(4,5)6)57(74)69-30-44(71)26-47(69)56(73)63-34(2)40-13-15-41(16-14-40)53-35(3)62-33-77-53/h1,8-10,13-16,24-25,27,33-34,36-38,44,47,54,70-71H,11-12,17-23,26,28-32H2,2-6H3,(H,63,73)(H,64,72)/t34-,37?,38?,44+,47-,54+/m0/s1. The normalized spacial score (nSPS) is 20.8. The molecule has 3 saturated heterocycles. The quantitative estimate of drug-likeness (QED) is 0.0686. The van der Waals surface area contributed by atoms with Gasteiger partial charge in [0.15, 0.2) is 5.82 Å². The Labute approximate surface area is 452 Å². The Balaban J connectivity index is 0.722. The molecule has 3 amide bonds.